The summed E-state index contributed by atoms with van der Waals surface area (Å²) in [5.74, 6) is -0.323. The number of para-hydroxylation sites is 1. The Kier molecular flexibility index (Phi) is 5.61. The van der Waals surface area contributed by atoms with E-state index in [4.69, 9.17) is 0 Å². The molecule has 1 N–H and O–H groups in total. The van der Waals surface area contributed by atoms with E-state index in [0.717, 1.165) is 42.6 Å². The smallest absolute Gasteiger partial charge is 0.311 e. The van der Waals surface area contributed by atoms with Gasteiger partial charge in [0.05, 0.1) is 12.6 Å². The van der Waals surface area contributed by atoms with Crippen molar-refractivity contribution in [1.29, 1.82) is 0 Å². The maximum atomic E-state index is 13.5. The molecule has 0 aliphatic carbocycles. The Bertz CT molecular complexity index is 1030. The predicted molar refractivity (Wildman–Crippen MR) is 119 cm³/mol. The molecule has 3 aliphatic rings. The van der Waals surface area contributed by atoms with Crippen molar-refractivity contribution in [3.63, 3.8) is 0 Å². The summed E-state index contributed by atoms with van der Waals surface area (Å²) in [6, 6.07) is 10.4. The van der Waals surface area contributed by atoms with Crippen LogP contribution in [0.3, 0.4) is 0 Å². The Morgan fingerprint density at radius 2 is 1.91 bits per heavy atom. The van der Waals surface area contributed by atoms with Crippen molar-refractivity contribution in [3.8, 4) is 0 Å². The lowest BCUT2D eigenvalue weighted by molar-refractivity contribution is -0.138. The first-order valence-electron chi connectivity index (χ1n) is 11.3. The van der Waals surface area contributed by atoms with E-state index in [0.29, 0.717) is 13.0 Å². The molecule has 0 bridgehead atoms. The minimum atomic E-state index is -0.482. The Balaban J connectivity index is 1.40. The molecule has 3 aliphatic heterocycles. The number of piperidine rings is 1. The van der Waals surface area contributed by atoms with E-state index in [2.05, 4.69) is 16.4 Å². The first kappa shape index (κ1) is 20.6. The monoisotopic (exact) mass is 433 g/mol. The van der Waals surface area contributed by atoms with E-state index < -0.39 is 12.1 Å². The normalized spacial score (nSPS) is 23.1. The second-order valence-corrected chi connectivity index (χ2v) is 8.61. The Labute approximate surface area is 187 Å². The zero-order valence-electron chi connectivity index (χ0n) is 17.9. The van der Waals surface area contributed by atoms with Gasteiger partial charge in [-0.3, -0.25) is 19.5 Å². The van der Waals surface area contributed by atoms with Crippen LogP contribution in [0.2, 0.25) is 0 Å². The minimum absolute atomic E-state index is 0.0316. The van der Waals surface area contributed by atoms with Gasteiger partial charge in [-0.15, -0.1) is 0 Å². The fourth-order valence-electron chi connectivity index (χ4n) is 5.04. The third-order valence-electron chi connectivity index (χ3n) is 6.64. The summed E-state index contributed by atoms with van der Waals surface area (Å²) in [4.78, 5) is 48.7. The highest BCUT2D eigenvalue weighted by molar-refractivity contribution is 6.03. The van der Waals surface area contributed by atoms with Gasteiger partial charge in [0.25, 0.3) is 0 Å². The number of nitrogens with one attached hydrogen (secondary N) is 1. The minimum Gasteiger partial charge on any atom is -0.311 e. The first-order valence-corrected chi connectivity index (χ1v) is 11.3. The van der Waals surface area contributed by atoms with E-state index >= 15 is 0 Å². The number of hydrogen-bond acceptors (Lipinski definition) is 5. The Morgan fingerprint density at radius 1 is 1.09 bits per heavy atom. The number of anilines is 1. The van der Waals surface area contributed by atoms with Crippen molar-refractivity contribution in [2.45, 2.75) is 44.3 Å². The van der Waals surface area contributed by atoms with Gasteiger partial charge in [0.1, 0.15) is 12.6 Å². The van der Waals surface area contributed by atoms with Crippen LogP contribution < -0.4 is 10.2 Å². The molecular formula is C24H27N5O3. The van der Waals surface area contributed by atoms with Crippen LogP contribution in [0.25, 0.3) is 0 Å². The SMILES string of the molecule is O=C1C2NCCCC2N(CC(=O)N2CCCc3ccccc32)C(=O)N1Cc1ccncc1. The van der Waals surface area contributed by atoms with Crippen molar-refractivity contribution >= 4 is 23.5 Å². The van der Waals surface area contributed by atoms with Crippen LogP contribution in [-0.4, -0.2) is 64.3 Å². The van der Waals surface area contributed by atoms with Crippen LogP contribution in [-0.2, 0) is 22.6 Å². The molecule has 0 spiro atoms. The van der Waals surface area contributed by atoms with Crippen molar-refractivity contribution in [2.75, 3.05) is 24.5 Å². The molecule has 4 amide bonds. The van der Waals surface area contributed by atoms with Gasteiger partial charge in [-0.2, -0.15) is 0 Å². The van der Waals surface area contributed by atoms with Crippen molar-refractivity contribution in [2.24, 2.45) is 0 Å². The van der Waals surface area contributed by atoms with E-state index in [9.17, 15) is 14.4 Å². The number of imide groups is 1. The highest BCUT2D eigenvalue weighted by atomic mass is 16.2. The van der Waals surface area contributed by atoms with E-state index in [-0.39, 0.29) is 30.9 Å². The largest absolute Gasteiger partial charge is 0.327 e. The number of aryl methyl sites for hydroxylation is 1. The molecule has 8 nitrogen and oxygen atoms in total. The number of carbonyl (C=O) groups excluding carboxylic acids is 3. The van der Waals surface area contributed by atoms with E-state index in [1.807, 2.05) is 18.2 Å². The van der Waals surface area contributed by atoms with Crippen LogP contribution >= 0.6 is 0 Å². The number of pyridine rings is 1. The molecule has 0 saturated carbocycles. The lowest BCUT2D eigenvalue weighted by Gasteiger charge is -2.47. The molecular weight excluding hydrogens is 406 g/mol. The molecule has 5 rings (SSSR count). The molecule has 166 valence electrons. The van der Waals surface area contributed by atoms with Gasteiger partial charge in [-0.05, 0) is 61.6 Å². The lowest BCUT2D eigenvalue weighted by atomic mass is 9.93. The van der Waals surface area contributed by atoms with Crippen molar-refractivity contribution in [3.05, 3.63) is 59.9 Å². The van der Waals surface area contributed by atoms with Gasteiger partial charge in [-0.25, -0.2) is 4.79 Å². The van der Waals surface area contributed by atoms with Crippen molar-refractivity contribution < 1.29 is 14.4 Å². The summed E-state index contributed by atoms with van der Waals surface area (Å²) in [5, 5.41) is 3.28. The number of hydrogen-bond donors (Lipinski definition) is 1. The van der Waals surface area contributed by atoms with Gasteiger partial charge >= 0.3 is 6.03 Å². The van der Waals surface area contributed by atoms with Crippen molar-refractivity contribution in [1.82, 2.24) is 20.1 Å². The number of urea groups is 1. The molecule has 1 aromatic carbocycles. The zero-order chi connectivity index (χ0) is 22.1. The van der Waals surface area contributed by atoms with Gasteiger partial charge < -0.3 is 15.1 Å². The second kappa shape index (κ2) is 8.70. The van der Waals surface area contributed by atoms with Crippen LogP contribution in [0.15, 0.2) is 48.8 Å². The standard InChI is InChI=1S/C24H27N5O3/c30-21(27-14-4-6-18-5-1-2-7-19(18)27)16-28-20-8-3-11-26-22(20)23(31)29(24(28)32)15-17-9-12-25-13-10-17/h1-2,5,7,9-10,12-13,20,22,26H,3-4,6,8,11,14-16H2. The fraction of sp³-hybridized carbons (Fsp3) is 0.417. The molecule has 4 heterocycles. The summed E-state index contributed by atoms with van der Waals surface area (Å²) < 4.78 is 0. The fourth-order valence-corrected chi connectivity index (χ4v) is 5.04. The number of benzene rings is 1. The van der Waals surface area contributed by atoms with Gasteiger partial charge in [0, 0.05) is 24.6 Å². The quantitative estimate of drug-likeness (QED) is 0.797. The first-order chi connectivity index (χ1) is 15.6. The summed E-state index contributed by atoms with van der Waals surface area (Å²) in [6.45, 7) is 1.51. The Morgan fingerprint density at radius 3 is 2.75 bits per heavy atom. The summed E-state index contributed by atoms with van der Waals surface area (Å²) in [5.41, 5.74) is 2.91. The van der Waals surface area contributed by atoms with E-state index in [1.165, 1.54) is 4.90 Å². The number of carbonyl (C=O) groups is 3. The van der Waals surface area contributed by atoms with Crippen LogP contribution in [0.1, 0.15) is 30.4 Å². The topological polar surface area (TPSA) is 85.8 Å². The van der Waals surface area contributed by atoms with Crippen LogP contribution in [0, 0.1) is 0 Å². The average molecular weight is 434 g/mol. The van der Waals surface area contributed by atoms with Gasteiger partial charge in [0.15, 0.2) is 0 Å². The molecule has 2 unspecified atom stereocenters. The molecule has 2 atom stereocenters. The maximum Gasteiger partial charge on any atom is 0.327 e. The van der Waals surface area contributed by atoms with Crippen LogP contribution in [0.5, 0.6) is 0 Å². The summed E-state index contributed by atoms with van der Waals surface area (Å²) in [7, 11) is 0. The number of amides is 4. The third kappa shape index (κ3) is 3.75. The number of aromatic nitrogens is 1. The zero-order valence-corrected chi connectivity index (χ0v) is 17.9. The molecule has 8 heteroatoms. The predicted octanol–water partition coefficient (Wildman–Crippen LogP) is 1.95. The summed E-state index contributed by atoms with van der Waals surface area (Å²) in [6.07, 6.45) is 6.71. The lowest BCUT2D eigenvalue weighted by Crippen LogP contribution is -2.70. The highest BCUT2D eigenvalue weighted by Crippen LogP contribution is 2.29. The molecule has 2 aromatic rings. The second-order valence-electron chi connectivity index (χ2n) is 8.61. The number of nitrogens with zero attached hydrogens (tertiary/aromatic N) is 4. The Hall–Kier alpha value is -3.26. The van der Waals surface area contributed by atoms with E-state index in [1.54, 1.807) is 34.3 Å². The molecule has 1 aromatic heterocycles. The molecule has 2 fully saturated rings. The van der Waals surface area contributed by atoms with Crippen LogP contribution in [0.4, 0.5) is 10.5 Å². The van der Waals surface area contributed by atoms with Gasteiger partial charge in [-0.1, -0.05) is 18.2 Å². The average Bonchev–Trinajstić information content (AvgIpc) is 2.84. The third-order valence-corrected chi connectivity index (χ3v) is 6.64. The molecule has 32 heavy (non-hydrogen) atoms. The molecule has 2 saturated heterocycles. The summed E-state index contributed by atoms with van der Waals surface area (Å²) >= 11 is 0. The van der Waals surface area contributed by atoms with Gasteiger partial charge in [0.2, 0.25) is 11.8 Å². The maximum absolute atomic E-state index is 13.5. The number of rotatable bonds is 4. The number of fused-ring (bicyclic) bond motifs is 2. The highest BCUT2D eigenvalue weighted by Gasteiger charge is 2.48. The molecule has 0 radical (unpaired) electrons.